The molecule has 19 heavy (non-hydrogen) atoms. The Morgan fingerprint density at radius 1 is 1.21 bits per heavy atom. The summed E-state index contributed by atoms with van der Waals surface area (Å²) in [7, 11) is 0. The van der Waals surface area contributed by atoms with Crippen LogP contribution in [0, 0.1) is 0 Å². The molecule has 0 aliphatic rings. The Balaban J connectivity index is 2.13. The largest absolute Gasteiger partial charge is 0.416 e. The summed E-state index contributed by atoms with van der Waals surface area (Å²) >= 11 is 0. The number of anilines is 2. The summed E-state index contributed by atoms with van der Waals surface area (Å²) in [4.78, 5) is 4.13. The fraction of sp³-hybridized carbons (Fsp3) is 0.308. The predicted molar refractivity (Wildman–Crippen MR) is 67.2 cm³/mol. The van der Waals surface area contributed by atoms with E-state index >= 15 is 0 Å². The minimum Gasteiger partial charge on any atom is -0.326 e. The number of benzene rings is 1. The maximum Gasteiger partial charge on any atom is 0.416 e. The van der Waals surface area contributed by atoms with Crippen molar-refractivity contribution in [3.63, 3.8) is 0 Å². The molecule has 3 nitrogen and oxygen atoms in total. The number of aromatic nitrogens is 2. The van der Waals surface area contributed by atoms with Crippen molar-refractivity contribution in [2.75, 3.05) is 5.32 Å². The van der Waals surface area contributed by atoms with Crippen LogP contribution < -0.4 is 5.32 Å². The van der Waals surface area contributed by atoms with E-state index in [0.29, 0.717) is 11.6 Å². The van der Waals surface area contributed by atoms with Crippen molar-refractivity contribution in [3.05, 3.63) is 42.2 Å². The highest BCUT2D eigenvalue weighted by Gasteiger charge is 2.29. The standard InChI is InChI=1S/C13H14F3N3/c1-2-8-19-9-7-17-12(19)18-11-5-3-10(4-6-11)13(14,15)16/h3-7,9H,2,8H2,1H3,(H,17,18). The Hall–Kier alpha value is -1.98. The molecule has 102 valence electrons. The van der Waals surface area contributed by atoms with Crippen LogP contribution in [0.5, 0.6) is 0 Å². The van der Waals surface area contributed by atoms with Gasteiger partial charge in [0.25, 0.3) is 0 Å². The molecule has 1 heterocycles. The molecule has 0 fully saturated rings. The molecular weight excluding hydrogens is 255 g/mol. The Bertz CT molecular complexity index is 529. The van der Waals surface area contributed by atoms with Crippen LogP contribution in [0.25, 0.3) is 0 Å². The number of halogens is 3. The second-order valence-corrected chi connectivity index (χ2v) is 4.14. The van der Waals surface area contributed by atoms with E-state index in [4.69, 9.17) is 0 Å². The monoisotopic (exact) mass is 269 g/mol. The van der Waals surface area contributed by atoms with Crippen LogP contribution >= 0.6 is 0 Å². The van der Waals surface area contributed by atoms with E-state index in [9.17, 15) is 13.2 Å². The molecule has 1 N–H and O–H groups in total. The molecule has 6 heteroatoms. The van der Waals surface area contributed by atoms with Crippen LogP contribution in [0.2, 0.25) is 0 Å². The molecule has 2 aromatic rings. The maximum atomic E-state index is 12.4. The zero-order chi connectivity index (χ0) is 13.9. The topological polar surface area (TPSA) is 29.9 Å². The van der Waals surface area contributed by atoms with Gasteiger partial charge < -0.3 is 9.88 Å². The summed E-state index contributed by atoms with van der Waals surface area (Å²) in [6.45, 7) is 2.85. The van der Waals surface area contributed by atoms with Crippen molar-refractivity contribution in [2.24, 2.45) is 0 Å². The van der Waals surface area contributed by atoms with Crippen molar-refractivity contribution in [2.45, 2.75) is 26.1 Å². The van der Waals surface area contributed by atoms with Gasteiger partial charge >= 0.3 is 6.18 Å². The van der Waals surface area contributed by atoms with Gasteiger partial charge in [-0.15, -0.1) is 0 Å². The summed E-state index contributed by atoms with van der Waals surface area (Å²) in [6.07, 6.45) is 0.134. The summed E-state index contributed by atoms with van der Waals surface area (Å²) < 4.78 is 39.2. The lowest BCUT2D eigenvalue weighted by Crippen LogP contribution is -2.05. The van der Waals surface area contributed by atoms with E-state index < -0.39 is 11.7 Å². The van der Waals surface area contributed by atoms with Crippen LogP contribution in [-0.4, -0.2) is 9.55 Å². The highest BCUT2D eigenvalue weighted by atomic mass is 19.4. The normalized spacial score (nSPS) is 11.6. The number of hydrogen-bond donors (Lipinski definition) is 1. The van der Waals surface area contributed by atoms with Crippen LogP contribution in [0.15, 0.2) is 36.7 Å². The molecule has 0 saturated heterocycles. The van der Waals surface area contributed by atoms with Gasteiger partial charge in [0.1, 0.15) is 0 Å². The predicted octanol–water partition coefficient (Wildman–Crippen LogP) is 4.06. The SMILES string of the molecule is CCCn1ccnc1Nc1ccc(C(F)(F)F)cc1. The Morgan fingerprint density at radius 3 is 2.47 bits per heavy atom. The zero-order valence-corrected chi connectivity index (χ0v) is 10.4. The Kier molecular flexibility index (Phi) is 3.78. The molecular formula is C13H14F3N3. The first kappa shape index (κ1) is 13.5. The van der Waals surface area contributed by atoms with Crippen molar-refractivity contribution in [1.29, 1.82) is 0 Å². The number of alkyl halides is 3. The van der Waals surface area contributed by atoms with Gasteiger partial charge in [-0.3, -0.25) is 0 Å². The minimum atomic E-state index is -4.31. The van der Waals surface area contributed by atoms with Gasteiger partial charge in [0.15, 0.2) is 0 Å². The van der Waals surface area contributed by atoms with Crippen LogP contribution in [0.3, 0.4) is 0 Å². The molecule has 0 amide bonds. The van der Waals surface area contributed by atoms with E-state index in [1.165, 1.54) is 12.1 Å². The lowest BCUT2D eigenvalue weighted by Gasteiger charge is -2.10. The van der Waals surface area contributed by atoms with Crippen LogP contribution in [-0.2, 0) is 12.7 Å². The fourth-order valence-electron chi connectivity index (χ4n) is 1.73. The number of hydrogen-bond acceptors (Lipinski definition) is 2. The fourth-order valence-corrected chi connectivity index (χ4v) is 1.73. The average molecular weight is 269 g/mol. The van der Waals surface area contributed by atoms with Crippen LogP contribution in [0.4, 0.5) is 24.8 Å². The second kappa shape index (κ2) is 5.34. The smallest absolute Gasteiger partial charge is 0.326 e. The third-order valence-corrected chi connectivity index (χ3v) is 2.65. The quantitative estimate of drug-likeness (QED) is 0.907. The van der Waals surface area contributed by atoms with E-state index in [2.05, 4.69) is 10.3 Å². The van der Waals surface area contributed by atoms with Gasteiger partial charge in [0.2, 0.25) is 5.95 Å². The van der Waals surface area contributed by atoms with Crippen molar-refractivity contribution in [1.82, 2.24) is 9.55 Å². The minimum absolute atomic E-state index is 0.580. The summed E-state index contributed by atoms with van der Waals surface area (Å²) in [6, 6.07) is 4.90. The van der Waals surface area contributed by atoms with Crippen LogP contribution in [0.1, 0.15) is 18.9 Å². The molecule has 0 atom stereocenters. The summed E-state index contributed by atoms with van der Waals surface area (Å²) in [5.74, 6) is 0.626. The van der Waals surface area contributed by atoms with Gasteiger partial charge in [0, 0.05) is 24.6 Å². The highest BCUT2D eigenvalue weighted by Crippen LogP contribution is 2.30. The molecule has 0 aliphatic heterocycles. The van der Waals surface area contributed by atoms with Gasteiger partial charge in [-0.1, -0.05) is 6.92 Å². The number of imidazole rings is 1. The molecule has 0 spiro atoms. The summed E-state index contributed by atoms with van der Waals surface area (Å²) in [5.41, 5.74) is -0.0773. The number of aryl methyl sites for hydroxylation is 1. The number of rotatable bonds is 4. The Labute approximate surface area is 109 Å². The van der Waals surface area contributed by atoms with E-state index in [1.807, 2.05) is 17.7 Å². The molecule has 2 rings (SSSR count). The first-order chi connectivity index (χ1) is 9.00. The summed E-state index contributed by atoms with van der Waals surface area (Å²) in [5, 5.41) is 3.00. The lowest BCUT2D eigenvalue weighted by atomic mass is 10.2. The van der Waals surface area contributed by atoms with E-state index in [1.54, 1.807) is 6.20 Å². The second-order valence-electron chi connectivity index (χ2n) is 4.14. The zero-order valence-electron chi connectivity index (χ0n) is 10.4. The van der Waals surface area contributed by atoms with Gasteiger partial charge in [-0.25, -0.2) is 4.98 Å². The molecule has 1 aromatic heterocycles. The first-order valence-electron chi connectivity index (χ1n) is 5.96. The molecule has 0 unspecified atom stereocenters. The third-order valence-electron chi connectivity index (χ3n) is 2.65. The number of nitrogens with zero attached hydrogens (tertiary/aromatic N) is 2. The molecule has 0 saturated carbocycles. The van der Waals surface area contributed by atoms with Crippen molar-refractivity contribution in [3.8, 4) is 0 Å². The van der Waals surface area contributed by atoms with Gasteiger partial charge in [-0.2, -0.15) is 13.2 Å². The van der Waals surface area contributed by atoms with Gasteiger partial charge in [0.05, 0.1) is 5.56 Å². The average Bonchev–Trinajstić information content (AvgIpc) is 2.77. The molecule has 0 radical (unpaired) electrons. The maximum absolute atomic E-state index is 12.4. The molecule has 0 bridgehead atoms. The van der Waals surface area contributed by atoms with Gasteiger partial charge in [-0.05, 0) is 30.7 Å². The Morgan fingerprint density at radius 2 is 1.89 bits per heavy atom. The van der Waals surface area contributed by atoms with Crippen molar-refractivity contribution >= 4 is 11.6 Å². The molecule has 1 aromatic carbocycles. The highest BCUT2D eigenvalue weighted by molar-refractivity contribution is 5.54. The molecule has 0 aliphatic carbocycles. The number of nitrogens with one attached hydrogen (secondary N) is 1. The third kappa shape index (κ3) is 3.27. The first-order valence-corrected chi connectivity index (χ1v) is 5.96. The lowest BCUT2D eigenvalue weighted by molar-refractivity contribution is -0.137. The van der Waals surface area contributed by atoms with Crippen molar-refractivity contribution < 1.29 is 13.2 Å². The van der Waals surface area contributed by atoms with E-state index in [0.717, 1.165) is 25.1 Å². The van der Waals surface area contributed by atoms with E-state index in [-0.39, 0.29) is 0 Å².